The van der Waals surface area contributed by atoms with E-state index in [0.29, 0.717) is 6.42 Å². The van der Waals surface area contributed by atoms with Gasteiger partial charge in [0.05, 0.1) is 16.9 Å². The average Bonchev–Trinajstić information content (AvgIpc) is 3.09. The molecule has 1 N–H and O–H groups in total. The zero-order valence-corrected chi connectivity index (χ0v) is 16.7. The molecule has 1 aromatic carbocycles. The van der Waals surface area contributed by atoms with E-state index in [-0.39, 0.29) is 29.8 Å². The number of aromatic nitrogens is 4. The van der Waals surface area contributed by atoms with Crippen LogP contribution in [0.25, 0.3) is 11.2 Å². The summed E-state index contributed by atoms with van der Waals surface area (Å²) in [6.07, 6.45) is -2.94. The van der Waals surface area contributed by atoms with Crippen molar-refractivity contribution in [3.05, 3.63) is 56.0 Å². The third-order valence-corrected chi connectivity index (χ3v) is 4.91. The van der Waals surface area contributed by atoms with Crippen molar-refractivity contribution < 1.29 is 18.0 Å². The van der Waals surface area contributed by atoms with Crippen molar-refractivity contribution in [2.75, 3.05) is 5.32 Å². The third-order valence-electron chi connectivity index (χ3n) is 4.58. The number of nitrogens with zero attached hydrogens (tertiary/aromatic N) is 4. The van der Waals surface area contributed by atoms with Gasteiger partial charge in [-0.3, -0.25) is 18.7 Å². The first kappa shape index (κ1) is 21.6. The molecule has 0 saturated carbocycles. The normalized spacial score (nSPS) is 11.8. The van der Waals surface area contributed by atoms with E-state index < -0.39 is 33.9 Å². The summed E-state index contributed by atoms with van der Waals surface area (Å²) >= 11 is 5.56. The Balaban J connectivity index is 1.69. The fraction of sp³-hybridized carbons (Fsp3) is 0.333. The molecule has 0 saturated heterocycles. The molecule has 0 spiro atoms. The van der Waals surface area contributed by atoms with Gasteiger partial charge >= 0.3 is 11.9 Å². The Hall–Kier alpha value is -3.08. The van der Waals surface area contributed by atoms with Gasteiger partial charge in [0.1, 0.15) is 0 Å². The molecule has 8 nitrogen and oxygen atoms in total. The molecular weight excluding hydrogens is 427 g/mol. The minimum atomic E-state index is -4.63. The number of rotatable bonds is 5. The molecule has 0 aliphatic heterocycles. The molecule has 0 radical (unpaired) electrons. The Morgan fingerprint density at radius 2 is 1.90 bits per heavy atom. The molecule has 0 atom stereocenters. The Morgan fingerprint density at radius 1 is 1.20 bits per heavy atom. The van der Waals surface area contributed by atoms with Gasteiger partial charge in [0.25, 0.3) is 5.56 Å². The SMILES string of the molecule is Cn1c(=O)c2c(ncn2CCCC(=O)Nc2ccc(Cl)c(C(F)(F)F)c2)n(C)c1=O. The lowest BCUT2D eigenvalue weighted by molar-refractivity contribution is -0.137. The maximum absolute atomic E-state index is 12.9. The Kier molecular flexibility index (Phi) is 5.75. The monoisotopic (exact) mass is 443 g/mol. The molecular formula is C18H17ClF3N5O3. The number of anilines is 1. The van der Waals surface area contributed by atoms with Crippen LogP contribution >= 0.6 is 11.6 Å². The van der Waals surface area contributed by atoms with Crippen molar-refractivity contribution in [1.29, 1.82) is 0 Å². The number of carbonyl (C=O) groups is 1. The van der Waals surface area contributed by atoms with Gasteiger partial charge < -0.3 is 9.88 Å². The molecule has 0 bridgehead atoms. The maximum atomic E-state index is 12.9. The second kappa shape index (κ2) is 7.98. The van der Waals surface area contributed by atoms with Crippen molar-refractivity contribution in [2.24, 2.45) is 14.1 Å². The van der Waals surface area contributed by atoms with E-state index in [1.165, 1.54) is 35.6 Å². The summed E-state index contributed by atoms with van der Waals surface area (Å²) in [6.45, 7) is 0.256. The van der Waals surface area contributed by atoms with E-state index in [1.54, 1.807) is 0 Å². The van der Waals surface area contributed by atoms with Crippen molar-refractivity contribution in [3.8, 4) is 0 Å². The van der Waals surface area contributed by atoms with Crippen molar-refractivity contribution in [1.82, 2.24) is 18.7 Å². The Bertz CT molecular complexity index is 1240. The van der Waals surface area contributed by atoms with Crippen molar-refractivity contribution >= 4 is 34.4 Å². The summed E-state index contributed by atoms with van der Waals surface area (Å²) in [7, 11) is 2.85. The highest BCUT2D eigenvalue weighted by Gasteiger charge is 2.33. The lowest BCUT2D eigenvalue weighted by Gasteiger charge is -2.12. The van der Waals surface area contributed by atoms with Gasteiger partial charge in [-0.1, -0.05) is 11.6 Å². The molecule has 2 aromatic heterocycles. The first-order valence-corrected chi connectivity index (χ1v) is 9.16. The number of imidazole rings is 1. The van der Waals surface area contributed by atoms with Crippen LogP contribution in [0.5, 0.6) is 0 Å². The van der Waals surface area contributed by atoms with E-state index in [2.05, 4.69) is 10.3 Å². The number of benzene rings is 1. The standard InChI is InChI=1S/C18H17ClF3N5O3/c1-25-15-14(16(29)26(2)17(25)30)27(9-23-15)7-3-4-13(28)24-10-5-6-12(19)11(8-10)18(20,21)22/h5-6,8-9H,3-4,7H2,1-2H3,(H,24,28). The van der Waals surface area contributed by atoms with Crippen LogP contribution in [-0.2, 0) is 31.6 Å². The number of hydrogen-bond donors (Lipinski definition) is 1. The highest BCUT2D eigenvalue weighted by molar-refractivity contribution is 6.31. The van der Waals surface area contributed by atoms with E-state index in [1.807, 2.05) is 0 Å². The minimum Gasteiger partial charge on any atom is -0.326 e. The smallest absolute Gasteiger partial charge is 0.326 e. The third kappa shape index (κ3) is 4.11. The Labute approximate surface area is 172 Å². The van der Waals surface area contributed by atoms with Crippen LogP contribution < -0.4 is 16.6 Å². The van der Waals surface area contributed by atoms with Crippen LogP contribution in [0.3, 0.4) is 0 Å². The second-order valence-corrected chi connectivity index (χ2v) is 7.07. The molecule has 0 fully saturated rings. The fourth-order valence-electron chi connectivity index (χ4n) is 3.02. The molecule has 0 aliphatic carbocycles. The number of halogens is 4. The predicted molar refractivity (Wildman–Crippen MR) is 105 cm³/mol. The van der Waals surface area contributed by atoms with Crippen LogP contribution in [0, 0.1) is 0 Å². The molecule has 2 heterocycles. The molecule has 1 amide bonds. The first-order chi connectivity index (χ1) is 14.0. The van der Waals surface area contributed by atoms with Crippen LogP contribution in [0.15, 0.2) is 34.1 Å². The molecule has 0 aliphatic rings. The molecule has 3 rings (SSSR count). The van der Waals surface area contributed by atoms with Gasteiger partial charge in [-0.2, -0.15) is 13.2 Å². The molecule has 160 valence electrons. The van der Waals surface area contributed by atoms with Crippen LogP contribution in [0.2, 0.25) is 5.02 Å². The quantitative estimate of drug-likeness (QED) is 0.656. The summed E-state index contributed by atoms with van der Waals surface area (Å²) in [5.41, 5.74) is -1.60. The molecule has 30 heavy (non-hydrogen) atoms. The van der Waals surface area contributed by atoms with Gasteiger partial charge in [0, 0.05) is 32.7 Å². The van der Waals surface area contributed by atoms with Crippen molar-refractivity contribution in [2.45, 2.75) is 25.6 Å². The zero-order chi connectivity index (χ0) is 22.2. The fourth-order valence-corrected chi connectivity index (χ4v) is 3.24. The number of carbonyl (C=O) groups excluding carboxylic acids is 1. The molecule has 12 heteroatoms. The van der Waals surface area contributed by atoms with Gasteiger partial charge in [0.2, 0.25) is 5.91 Å². The lowest BCUT2D eigenvalue weighted by Crippen LogP contribution is -2.37. The largest absolute Gasteiger partial charge is 0.417 e. The number of alkyl halides is 3. The highest BCUT2D eigenvalue weighted by Crippen LogP contribution is 2.36. The highest BCUT2D eigenvalue weighted by atomic mass is 35.5. The number of amides is 1. The van der Waals surface area contributed by atoms with Crippen molar-refractivity contribution in [3.63, 3.8) is 0 Å². The topological polar surface area (TPSA) is 90.9 Å². The lowest BCUT2D eigenvalue weighted by atomic mass is 10.2. The summed E-state index contributed by atoms with van der Waals surface area (Å²) in [6, 6.07) is 3.12. The van der Waals surface area contributed by atoms with Gasteiger partial charge in [0.15, 0.2) is 11.2 Å². The van der Waals surface area contributed by atoms with Crippen LogP contribution in [0.1, 0.15) is 18.4 Å². The Morgan fingerprint density at radius 3 is 2.57 bits per heavy atom. The van der Waals surface area contributed by atoms with E-state index >= 15 is 0 Å². The zero-order valence-electron chi connectivity index (χ0n) is 16.0. The second-order valence-electron chi connectivity index (χ2n) is 6.66. The van der Waals surface area contributed by atoms with Crippen LogP contribution in [0.4, 0.5) is 18.9 Å². The summed E-state index contributed by atoms with van der Waals surface area (Å²) in [5.74, 6) is -0.491. The first-order valence-electron chi connectivity index (χ1n) is 8.78. The van der Waals surface area contributed by atoms with E-state index in [0.717, 1.165) is 16.7 Å². The average molecular weight is 444 g/mol. The molecule has 0 unspecified atom stereocenters. The van der Waals surface area contributed by atoms with E-state index in [9.17, 15) is 27.6 Å². The molecule has 3 aromatic rings. The van der Waals surface area contributed by atoms with Crippen LogP contribution in [-0.4, -0.2) is 24.6 Å². The van der Waals surface area contributed by atoms with Gasteiger partial charge in [-0.05, 0) is 24.6 Å². The number of aryl methyl sites for hydroxylation is 2. The number of nitrogens with one attached hydrogen (secondary N) is 1. The van der Waals surface area contributed by atoms with Gasteiger partial charge in [-0.15, -0.1) is 0 Å². The predicted octanol–water partition coefficient (Wildman–Crippen LogP) is 2.52. The summed E-state index contributed by atoms with van der Waals surface area (Å²) in [5, 5.41) is 1.95. The number of fused-ring (bicyclic) bond motifs is 1. The maximum Gasteiger partial charge on any atom is 0.417 e. The number of hydrogen-bond acceptors (Lipinski definition) is 4. The van der Waals surface area contributed by atoms with E-state index in [4.69, 9.17) is 11.6 Å². The van der Waals surface area contributed by atoms with Gasteiger partial charge in [-0.25, -0.2) is 9.78 Å². The summed E-state index contributed by atoms with van der Waals surface area (Å²) < 4.78 is 42.5. The minimum absolute atomic E-state index is 0.00424. The summed E-state index contributed by atoms with van der Waals surface area (Å²) in [4.78, 5) is 40.5.